The average Bonchev–Trinajstić information content (AvgIpc) is 2.26. The molecule has 4 nitrogen and oxygen atoms in total. The molecule has 0 aliphatic carbocycles. The van der Waals surface area contributed by atoms with E-state index in [-0.39, 0.29) is 18.6 Å². The number of aryl methyl sites for hydroxylation is 2. The molecule has 1 aromatic carbocycles. The summed E-state index contributed by atoms with van der Waals surface area (Å²) in [5.74, 6) is 0.653. The Kier molecular flexibility index (Phi) is 5.16. The predicted octanol–water partition coefficient (Wildman–Crippen LogP) is 1.32. The van der Waals surface area contributed by atoms with Crippen LogP contribution in [0.25, 0.3) is 0 Å². The van der Waals surface area contributed by atoms with Crippen molar-refractivity contribution in [2.24, 2.45) is 5.73 Å². The van der Waals surface area contributed by atoms with Gasteiger partial charge in [0.2, 0.25) is 0 Å². The van der Waals surface area contributed by atoms with Crippen LogP contribution in [0, 0.1) is 13.8 Å². The van der Waals surface area contributed by atoms with E-state index in [1.54, 1.807) is 7.05 Å². The quantitative estimate of drug-likeness (QED) is 0.828. The third-order valence-corrected chi connectivity index (χ3v) is 2.70. The van der Waals surface area contributed by atoms with E-state index in [4.69, 9.17) is 10.5 Å². The Morgan fingerprint density at radius 2 is 1.94 bits per heavy atom. The van der Waals surface area contributed by atoms with Crippen molar-refractivity contribution in [1.29, 1.82) is 0 Å². The first-order chi connectivity index (χ1) is 8.43. The first-order valence-electron chi connectivity index (χ1n) is 6.13. The fourth-order valence-corrected chi connectivity index (χ4v) is 1.97. The molecule has 4 heteroatoms. The van der Waals surface area contributed by atoms with Crippen molar-refractivity contribution >= 4 is 5.91 Å². The molecule has 0 fully saturated rings. The van der Waals surface area contributed by atoms with Gasteiger partial charge in [0.05, 0.1) is 0 Å². The zero-order valence-electron chi connectivity index (χ0n) is 11.5. The van der Waals surface area contributed by atoms with E-state index < -0.39 is 0 Å². The average molecular weight is 250 g/mol. The molecule has 0 spiro atoms. The number of carbonyl (C=O) groups excluding carboxylic acids is 1. The summed E-state index contributed by atoms with van der Waals surface area (Å²) in [5.41, 5.74) is 9.07. The zero-order chi connectivity index (χ0) is 13.7. The monoisotopic (exact) mass is 250 g/mol. The number of ether oxygens (including phenoxy) is 1. The molecule has 0 radical (unpaired) electrons. The second-order valence-electron chi connectivity index (χ2n) is 4.70. The molecule has 1 unspecified atom stereocenters. The molecule has 0 bridgehead atoms. The summed E-state index contributed by atoms with van der Waals surface area (Å²) < 4.78 is 5.54. The van der Waals surface area contributed by atoms with E-state index in [1.165, 1.54) is 5.56 Å². The number of nitrogens with two attached hydrogens (primary N) is 1. The first kappa shape index (κ1) is 14.5. The lowest BCUT2D eigenvalue weighted by Gasteiger charge is -2.14. The van der Waals surface area contributed by atoms with Crippen LogP contribution >= 0.6 is 0 Å². The number of rotatable bonds is 5. The number of amides is 1. The molecule has 0 heterocycles. The van der Waals surface area contributed by atoms with Gasteiger partial charge in [-0.3, -0.25) is 4.79 Å². The van der Waals surface area contributed by atoms with Gasteiger partial charge in [0.25, 0.3) is 5.91 Å². The normalized spacial score (nSPS) is 12.1. The number of carbonyl (C=O) groups is 1. The van der Waals surface area contributed by atoms with Crippen LogP contribution in [0.15, 0.2) is 12.1 Å². The van der Waals surface area contributed by atoms with Crippen molar-refractivity contribution < 1.29 is 9.53 Å². The largest absolute Gasteiger partial charge is 0.483 e. The van der Waals surface area contributed by atoms with Crippen molar-refractivity contribution in [3.05, 3.63) is 28.8 Å². The van der Waals surface area contributed by atoms with Gasteiger partial charge in [-0.05, 0) is 43.9 Å². The second kappa shape index (κ2) is 6.40. The van der Waals surface area contributed by atoms with Crippen LogP contribution in [0.2, 0.25) is 0 Å². The van der Waals surface area contributed by atoms with E-state index in [0.29, 0.717) is 0 Å². The summed E-state index contributed by atoms with van der Waals surface area (Å²) in [4.78, 5) is 11.2. The Balaban J connectivity index is 2.84. The smallest absolute Gasteiger partial charge is 0.257 e. The maximum absolute atomic E-state index is 11.2. The number of benzene rings is 1. The third kappa shape index (κ3) is 4.04. The lowest BCUT2D eigenvalue weighted by Crippen LogP contribution is -2.25. The third-order valence-electron chi connectivity index (χ3n) is 2.70. The molecule has 0 aromatic heterocycles. The highest BCUT2D eigenvalue weighted by molar-refractivity contribution is 5.77. The van der Waals surface area contributed by atoms with Crippen molar-refractivity contribution in [1.82, 2.24) is 5.32 Å². The fraction of sp³-hybridized carbons (Fsp3) is 0.500. The fourth-order valence-electron chi connectivity index (χ4n) is 1.97. The molecule has 1 amide bonds. The first-order valence-corrected chi connectivity index (χ1v) is 6.13. The molecule has 0 saturated carbocycles. The Hall–Kier alpha value is -1.55. The maximum atomic E-state index is 11.2. The maximum Gasteiger partial charge on any atom is 0.257 e. The summed E-state index contributed by atoms with van der Waals surface area (Å²) in [6, 6.07) is 4.27. The van der Waals surface area contributed by atoms with Gasteiger partial charge >= 0.3 is 0 Å². The Bertz CT molecular complexity index is 405. The van der Waals surface area contributed by atoms with Crippen molar-refractivity contribution in [2.45, 2.75) is 33.2 Å². The van der Waals surface area contributed by atoms with Crippen LogP contribution in [-0.4, -0.2) is 25.6 Å². The van der Waals surface area contributed by atoms with Crippen LogP contribution in [0.3, 0.4) is 0 Å². The van der Waals surface area contributed by atoms with Gasteiger partial charge in [-0.2, -0.15) is 0 Å². The van der Waals surface area contributed by atoms with Gasteiger partial charge in [-0.1, -0.05) is 12.1 Å². The minimum Gasteiger partial charge on any atom is -0.483 e. The SMILES string of the molecule is CNC(=O)COc1c(C)cc(CC(C)N)cc1C. The van der Waals surface area contributed by atoms with Gasteiger partial charge in [-0.15, -0.1) is 0 Å². The molecule has 1 rings (SSSR count). The summed E-state index contributed by atoms with van der Waals surface area (Å²) in [6.07, 6.45) is 0.845. The minimum absolute atomic E-state index is 0.0464. The van der Waals surface area contributed by atoms with Gasteiger partial charge < -0.3 is 15.8 Å². The highest BCUT2D eigenvalue weighted by Crippen LogP contribution is 2.25. The van der Waals surface area contributed by atoms with Crippen LogP contribution in [0.1, 0.15) is 23.6 Å². The van der Waals surface area contributed by atoms with Gasteiger partial charge in [-0.25, -0.2) is 0 Å². The number of hydrogen-bond donors (Lipinski definition) is 2. The van der Waals surface area contributed by atoms with Crippen molar-refractivity contribution in [3.63, 3.8) is 0 Å². The van der Waals surface area contributed by atoms with Crippen LogP contribution in [0.4, 0.5) is 0 Å². The van der Waals surface area contributed by atoms with Gasteiger partial charge in [0.1, 0.15) is 5.75 Å². The lowest BCUT2D eigenvalue weighted by atomic mass is 10.0. The van der Waals surface area contributed by atoms with E-state index in [1.807, 2.05) is 20.8 Å². The Labute approximate surface area is 109 Å². The molecule has 1 aromatic rings. The van der Waals surface area contributed by atoms with Crippen LogP contribution < -0.4 is 15.8 Å². The van der Waals surface area contributed by atoms with Crippen molar-refractivity contribution in [3.8, 4) is 5.75 Å². The van der Waals surface area contributed by atoms with E-state index >= 15 is 0 Å². The van der Waals surface area contributed by atoms with Gasteiger partial charge in [0, 0.05) is 13.1 Å². The Morgan fingerprint density at radius 1 is 1.39 bits per heavy atom. The highest BCUT2D eigenvalue weighted by Gasteiger charge is 2.09. The number of nitrogens with one attached hydrogen (secondary N) is 1. The molecule has 0 aliphatic rings. The summed E-state index contributed by atoms with van der Waals surface area (Å²) in [5, 5.41) is 2.53. The molecular weight excluding hydrogens is 228 g/mol. The molecular formula is C14H22N2O2. The summed E-state index contributed by atoms with van der Waals surface area (Å²) in [7, 11) is 1.59. The Morgan fingerprint density at radius 3 is 2.39 bits per heavy atom. The molecule has 0 saturated heterocycles. The second-order valence-corrected chi connectivity index (χ2v) is 4.70. The minimum atomic E-state index is -0.131. The molecule has 1 atom stereocenters. The predicted molar refractivity (Wildman–Crippen MR) is 72.8 cm³/mol. The lowest BCUT2D eigenvalue weighted by molar-refractivity contribution is -0.122. The van der Waals surface area contributed by atoms with Crippen LogP contribution in [0.5, 0.6) is 5.75 Å². The van der Waals surface area contributed by atoms with Crippen molar-refractivity contribution in [2.75, 3.05) is 13.7 Å². The zero-order valence-corrected chi connectivity index (χ0v) is 11.5. The van der Waals surface area contributed by atoms with E-state index in [2.05, 4.69) is 17.4 Å². The summed E-state index contributed by atoms with van der Waals surface area (Å²) in [6.45, 7) is 6.00. The van der Waals surface area contributed by atoms with Crippen LogP contribution in [-0.2, 0) is 11.2 Å². The molecule has 18 heavy (non-hydrogen) atoms. The topological polar surface area (TPSA) is 64.3 Å². The number of hydrogen-bond acceptors (Lipinski definition) is 3. The molecule has 100 valence electrons. The van der Waals surface area contributed by atoms with E-state index in [9.17, 15) is 4.79 Å². The molecule has 3 N–H and O–H groups in total. The van der Waals surface area contributed by atoms with Gasteiger partial charge in [0.15, 0.2) is 6.61 Å². The summed E-state index contributed by atoms with van der Waals surface area (Å²) >= 11 is 0. The molecule has 0 aliphatic heterocycles. The number of likely N-dealkylation sites (N-methyl/N-ethyl adjacent to an activating group) is 1. The van der Waals surface area contributed by atoms with E-state index in [0.717, 1.165) is 23.3 Å². The highest BCUT2D eigenvalue weighted by atomic mass is 16.5. The standard InChI is InChI=1S/C14H22N2O2/c1-9-5-12(7-11(3)15)6-10(2)14(9)18-8-13(17)16-4/h5-6,11H,7-8,15H2,1-4H3,(H,16,17).